The maximum absolute atomic E-state index is 3.51. The highest BCUT2D eigenvalue weighted by molar-refractivity contribution is 5.32. The fourth-order valence-electron chi connectivity index (χ4n) is 1.36. The van der Waals surface area contributed by atoms with Gasteiger partial charge < -0.3 is 5.32 Å². The van der Waals surface area contributed by atoms with Crippen molar-refractivity contribution in [1.82, 2.24) is 5.32 Å². The molecule has 0 aliphatic heterocycles. The first-order valence-corrected chi connectivity index (χ1v) is 5.20. The van der Waals surface area contributed by atoms with E-state index in [0.717, 1.165) is 6.54 Å². The van der Waals surface area contributed by atoms with E-state index in [2.05, 4.69) is 58.1 Å². The van der Waals surface area contributed by atoms with Crippen molar-refractivity contribution >= 4 is 0 Å². The predicted molar refractivity (Wildman–Crippen MR) is 62.5 cm³/mol. The minimum absolute atomic E-state index is 0.191. The molecule has 0 aliphatic rings. The highest BCUT2D eigenvalue weighted by Crippen LogP contribution is 2.13. The Morgan fingerprint density at radius 3 is 2.36 bits per heavy atom. The smallest absolute Gasteiger partial charge is 0.0213 e. The molecule has 0 amide bonds. The van der Waals surface area contributed by atoms with E-state index in [1.807, 2.05) is 0 Å². The van der Waals surface area contributed by atoms with Gasteiger partial charge >= 0.3 is 0 Å². The van der Waals surface area contributed by atoms with Crippen LogP contribution in [0.2, 0.25) is 0 Å². The number of nitrogens with one attached hydrogen (secondary N) is 1. The third-order valence-corrected chi connectivity index (χ3v) is 2.53. The molecule has 0 aromatic heterocycles. The Bertz CT molecular complexity index is 308. The molecule has 0 atom stereocenters. The Hall–Kier alpha value is -0.820. The van der Waals surface area contributed by atoms with E-state index >= 15 is 0 Å². The molecule has 78 valence electrons. The molecule has 0 radical (unpaired) electrons. The van der Waals surface area contributed by atoms with Gasteiger partial charge in [-0.15, -0.1) is 0 Å². The molecular weight excluding hydrogens is 170 g/mol. The normalized spacial score (nSPS) is 11.8. The van der Waals surface area contributed by atoms with E-state index in [1.54, 1.807) is 0 Å². The molecule has 14 heavy (non-hydrogen) atoms. The van der Waals surface area contributed by atoms with Gasteiger partial charge in [0.1, 0.15) is 0 Å². The first-order chi connectivity index (χ1) is 6.40. The van der Waals surface area contributed by atoms with Crippen molar-refractivity contribution in [2.24, 2.45) is 0 Å². The topological polar surface area (TPSA) is 12.0 Å². The summed E-state index contributed by atoms with van der Waals surface area (Å²) in [5.74, 6) is 0. The van der Waals surface area contributed by atoms with Gasteiger partial charge in [0.2, 0.25) is 0 Å². The van der Waals surface area contributed by atoms with E-state index in [0.29, 0.717) is 0 Å². The number of hydrogen-bond donors (Lipinski definition) is 1. The molecule has 1 aromatic carbocycles. The molecule has 1 aromatic rings. The van der Waals surface area contributed by atoms with Gasteiger partial charge in [0, 0.05) is 12.1 Å². The Morgan fingerprint density at radius 2 is 1.79 bits per heavy atom. The second-order valence-corrected chi connectivity index (χ2v) is 4.96. The summed E-state index contributed by atoms with van der Waals surface area (Å²) in [6.45, 7) is 11.9. The van der Waals surface area contributed by atoms with E-state index < -0.39 is 0 Å². The van der Waals surface area contributed by atoms with Crippen molar-refractivity contribution < 1.29 is 0 Å². The Kier molecular flexibility index (Phi) is 3.33. The average Bonchev–Trinajstić information content (AvgIpc) is 2.06. The van der Waals surface area contributed by atoms with E-state index in [1.165, 1.54) is 16.7 Å². The molecule has 0 spiro atoms. The van der Waals surface area contributed by atoms with Gasteiger partial charge in [0.25, 0.3) is 0 Å². The van der Waals surface area contributed by atoms with Crippen molar-refractivity contribution in [3.05, 3.63) is 34.9 Å². The van der Waals surface area contributed by atoms with Gasteiger partial charge in [-0.1, -0.05) is 18.2 Å². The first-order valence-electron chi connectivity index (χ1n) is 5.20. The molecule has 0 saturated heterocycles. The average molecular weight is 191 g/mol. The van der Waals surface area contributed by atoms with E-state index in [-0.39, 0.29) is 5.54 Å². The zero-order valence-electron chi connectivity index (χ0n) is 9.94. The molecule has 1 N–H and O–H groups in total. The molecule has 1 rings (SSSR count). The van der Waals surface area contributed by atoms with Crippen LogP contribution in [0.15, 0.2) is 18.2 Å². The lowest BCUT2D eigenvalue weighted by atomic mass is 10.0. The van der Waals surface area contributed by atoms with Crippen LogP contribution in [0, 0.1) is 13.8 Å². The van der Waals surface area contributed by atoms with Gasteiger partial charge in [0.05, 0.1) is 0 Å². The molecule has 0 unspecified atom stereocenters. The first kappa shape index (κ1) is 11.3. The van der Waals surface area contributed by atoms with Crippen LogP contribution >= 0.6 is 0 Å². The molecular formula is C13H21N. The monoisotopic (exact) mass is 191 g/mol. The molecule has 1 nitrogen and oxygen atoms in total. The molecule has 0 bridgehead atoms. The summed E-state index contributed by atoms with van der Waals surface area (Å²) in [5, 5.41) is 3.51. The quantitative estimate of drug-likeness (QED) is 0.757. The number of aryl methyl sites for hydroxylation is 1. The van der Waals surface area contributed by atoms with Gasteiger partial charge in [-0.3, -0.25) is 0 Å². The van der Waals surface area contributed by atoms with Crippen LogP contribution in [0.3, 0.4) is 0 Å². The number of benzene rings is 1. The number of rotatable bonds is 2. The summed E-state index contributed by atoms with van der Waals surface area (Å²) in [4.78, 5) is 0. The second kappa shape index (κ2) is 4.14. The minimum atomic E-state index is 0.191. The Balaban J connectivity index is 2.73. The maximum atomic E-state index is 3.51. The fourth-order valence-corrected chi connectivity index (χ4v) is 1.36. The fraction of sp³-hybridized carbons (Fsp3) is 0.538. The maximum Gasteiger partial charge on any atom is 0.0213 e. The number of hydrogen-bond acceptors (Lipinski definition) is 1. The lowest BCUT2D eigenvalue weighted by Crippen LogP contribution is -2.35. The van der Waals surface area contributed by atoms with Crippen LogP contribution in [0.25, 0.3) is 0 Å². The third-order valence-electron chi connectivity index (χ3n) is 2.53. The van der Waals surface area contributed by atoms with Crippen molar-refractivity contribution in [3.8, 4) is 0 Å². The van der Waals surface area contributed by atoms with Crippen LogP contribution < -0.4 is 5.32 Å². The summed E-state index contributed by atoms with van der Waals surface area (Å²) in [7, 11) is 0. The van der Waals surface area contributed by atoms with Crippen molar-refractivity contribution in [1.29, 1.82) is 0 Å². The molecule has 1 heteroatoms. The Labute approximate surface area is 87.5 Å². The summed E-state index contributed by atoms with van der Waals surface area (Å²) in [6.07, 6.45) is 0. The van der Waals surface area contributed by atoms with Gasteiger partial charge in [-0.25, -0.2) is 0 Å². The summed E-state index contributed by atoms with van der Waals surface area (Å²) >= 11 is 0. The second-order valence-electron chi connectivity index (χ2n) is 4.96. The summed E-state index contributed by atoms with van der Waals surface area (Å²) in [6, 6.07) is 6.49. The van der Waals surface area contributed by atoms with Crippen molar-refractivity contribution in [3.63, 3.8) is 0 Å². The zero-order chi connectivity index (χ0) is 10.8. The molecule has 0 saturated carbocycles. The SMILES string of the molecule is Cc1cccc(CNC(C)(C)C)c1C. The Morgan fingerprint density at radius 1 is 1.14 bits per heavy atom. The standard InChI is InChI=1S/C13H21N/c1-10-7-6-8-12(11(10)2)9-14-13(3,4)5/h6-8,14H,9H2,1-5H3. The molecule has 0 heterocycles. The zero-order valence-corrected chi connectivity index (χ0v) is 9.94. The highest BCUT2D eigenvalue weighted by atomic mass is 14.9. The van der Waals surface area contributed by atoms with Gasteiger partial charge in [0.15, 0.2) is 0 Å². The van der Waals surface area contributed by atoms with Crippen LogP contribution in [-0.2, 0) is 6.54 Å². The minimum Gasteiger partial charge on any atom is -0.308 e. The largest absolute Gasteiger partial charge is 0.308 e. The van der Waals surface area contributed by atoms with E-state index in [4.69, 9.17) is 0 Å². The molecule has 0 aliphatic carbocycles. The summed E-state index contributed by atoms with van der Waals surface area (Å²) < 4.78 is 0. The van der Waals surface area contributed by atoms with Gasteiger partial charge in [-0.2, -0.15) is 0 Å². The lowest BCUT2D eigenvalue weighted by molar-refractivity contribution is 0.424. The lowest BCUT2D eigenvalue weighted by Gasteiger charge is -2.21. The third kappa shape index (κ3) is 3.15. The summed E-state index contributed by atoms with van der Waals surface area (Å²) in [5.41, 5.74) is 4.37. The van der Waals surface area contributed by atoms with Crippen molar-refractivity contribution in [2.45, 2.75) is 46.7 Å². The molecule has 0 fully saturated rings. The van der Waals surface area contributed by atoms with Crippen LogP contribution in [0.5, 0.6) is 0 Å². The van der Waals surface area contributed by atoms with Crippen molar-refractivity contribution in [2.75, 3.05) is 0 Å². The van der Waals surface area contributed by atoms with Crippen LogP contribution in [0.1, 0.15) is 37.5 Å². The van der Waals surface area contributed by atoms with E-state index in [9.17, 15) is 0 Å². The highest BCUT2D eigenvalue weighted by Gasteiger charge is 2.09. The van der Waals surface area contributed by atoms with Gasteiger partial charge in [-0.05, 0) is 51.3 Å². The van der Waals surface area contributed by atoms with Crippen LogP contribution in [0.4, 0.5) is 0 Å². The van der Waals surface area contributed by atoms with Crippen LogP contribution in [-0.4, -0.2) is 5.54 Å². The predicted octanol–water partition coefficient (Wildman–Crippen LogP) is 3.19.